The fourth-order valence-electron chi connectivity index (χ4n) is 2.16. The number of aromatic amines is 1. The highest BCUT2D eigenvalue weighted by molar-refractivity contribution is 9.10. The van der Waals surface area contributed by atoms with Gasteiger partial charge in [-0.05, 0) is 53.9 Å². The van der Waals surface area contributed by atoms with Crippen LogP contribution in [0.4, 0.5) is 5.69 Å². The van der Waals surface area contributed by atoms with Gasteiger partial charge in [0, 0.05) is 4.47 Å². The summed E-state index contributed by atoms with van der Waals surface area (Å²) in [7, 11) is -3.84. The van der Waals surface area contributed by atoms with Crippen molar-refractivity contribution >= 4 is 31.6 Å². The maximum atomic E-state index is 12.5. The molecular formula is C13H16BrN3O3S. The second-order valence-corrected chi connectivity index (χ2v) is 7.30. The molecule has 2 aromatic rings. The van der Waals surface area contributed by atoms with Gasteiger partial charge in [-0.15, -0.1) is 0 Å². The smallest absolute Gasteiger partial charge is 0.265 e. The molecule has 0 saturated carbocycles. The van der Waals surface area contributed by atoms with Gasteiger partial charge in [0.15, 0.2) is 0 Å². The van der Waals surface area contributed by atoms with Gasteiger partial charge in [-0.25, -0.2) is 8.42 Å². The van der Waals surface area contributed by atoms with Crippen LogP contribution in [-0.2, 0) is 16.6 Å². The lowest BCUT2D eigenvalue weighted by molar-refractivity contribution is 0.273. The molecule has 6 nitrogen and oxygen atoms in total. The maximum Gasteiger partial charge on any atom is 0.265 e. The lowest BCUT2D eigenvalue weighted by Crippen LogP contribution is -2.16. The highest BCUT2D eigenvalue weighted by Crippen LogP contribution is 2.31. The highest BCUT2D eigenvalue weighted by atomic mass is 79.9. The van der Waals surface area contributed by atoms with Crippen molar-refractivity contribution in [2.24, 2.45) is 0 Å². The highest BCUT2D eigenvalue weighted by Gasteiger charge is 2.25. The number of aliphatic hydroxyl groups is 1. The van der Waals surface area contributed by atoms with E-state index in [0.717, 1.165) is 11.1 Å². The first-order valence-electron chi connectivity index (χ1n) is 6.20. The predicted molar refractivity (Wildman–Crippen MR) is 83.7 cm³/mol. The molecule has 21 heavy (non-hydrogen) atoms. The van der Waals surface area contributed by atoms with Gasteiger partial charge in [0.25, 0.3) is 10.0 Å². The van der Waals surface area contributed by atoms with Crippen molar-refractivity contribution in [3.8, 4) is 0 Å². The quantitative estimate of drug-likeness (QED) is 0.766. The number of H-pyrrole nitrogens is 1. The van der Waals surface area contributed by atoms with Crippen molar-refractivity contribution in [3.63, 3.8) is 0 Å². The van der Waals surface area contributed by atoms with Gasteiger partial charge in [-0.3, -0.25) is 9.82 Å². The van der Waals surface area contributed by atoms with Crippen LogP contribution in [-0.4, -0.2) is 23.7 Å². The Labute approximate surface area is 131 Å². The molecule has 3 N–H and O–H groups in total. The van der Waals surface area contributed by atoms with Crippen molar-refractivity contribution in [3.05, 3.63) is 39.1 Å². The molecule has 1 aromatic carbocycles. The zero-order chi connectivity index (χ0) is 15.8. The number of nitrogens with zero attached hydrogens (tertiary/aromatic N) is 1. The molecule has 0 spiro atoms. The summed E-state index contributed by atoms with van der Waals surface area (Å²) in [4.78, 5) is -0.0168. The molecule has 0 fully saturated rings. The molecular weight excluding hydrogens is 358 g/mol. The number of halogens is 1. The SMILES string of the molecule is Cc1cc(C)c(NS(=O)(=O)c2c(CO)n[nH]c2C)c(Br)c1. The van der Waals surface area contributed by atoms with E-state index in [1.807, 2.05) is 26.0 Å². The first kappa shape index (κ1) is 16.0. The van der Waals surface area contributed by atoms with Crippen LogP contribution < -0.4 is 4.72 Å². The van der Waals surface area contributed by atoms with E-state index >= 15 is 0 Å². The maximum absolute atomic E-state index is 12.5. The van der Waals surface area contributed by atoms with Crippen LogP contribution in [0.15, 0.2) is 21.5 Å². The summed E-state index contributed by atoms with van der Waals surface area (Å²) in [6.07, 6.45) is 0. The minimum Gasteiger partial charge on any atom is -0.390 e. The van der Waals surface area contributed by atoms with E-state index in [0.29, 0.717) is 15.9 Å². The van der Waals surface area contributed by atoms with Gasteiger partial charge in [0.05, 0.1) is 18.0 Å². The predicted octanol–water partition coefficient (Wildman–Crippen LogP) is 2.39. The Bertz CT molecular complexity index is 761. The number of sulfonamides is 1. The minimum absolute atomic E-state index is 0.0168. The van der Waals surface area contributed by atoms with E-state index in [-0.39, 0.29) is 10.6 Å². The van der Waals surface area contributed by atoms with Crippen LogP contribution in [0.5, 0.6) is 0 Å². The number of benzene rings is 1. The molecule has 1 aromatic heterocycles. The number of nitrogens with one attached hydrogen (secondary N) is 2. The van der Waals surface area contributed by atoms with E-state index in [4.69, 9.17) is 0 Å². The first-order chi connectivity index (χ1) is 9.76. The fraction of sp³-hybridized carbons (Fsp3) is 0.308. The number of rotatable bonds is 4. The molecule has 1 heterocycles. The summed E-state index contributed by atoms with van der Waals surface area (Å²) in [6.45, 7) is 4.90. The van der Waals surface area contributed by atoms with Gasteiger partial charge >= 0.3 is 0 Å². The summed E-state index contributed by atoms with van der Waals surface area (Å²) in [5.74, 6) is 0. The standard InChI is InChI=1S/C13H16BrN3O3S/c1-7-4-8(2)12(10(14)5-7)17-21(19,20)13-9(3)15-16-11(13)6-18/h4-5,17-18H,6H2,1-3H3,(H,15,16). The topological polar surface area (TPSA) is 95.1 Å². The van der Waals surface area contributed by atoms with Crippen molar-refractivity contribution in [1.82, 2.24) is 10.2 Å². The van der Waals surface area contributed by atoms with Crippen LogP contribution in [0.25, 0.3) is 0 Å². The Kier molecular flexibility index (Phi) is 4.40. The third kappa shape index (κ3) is 3.12. The van der Waals surface area contributed by atoms with Crippen molar-refractivity contribution in [2.45, 2.75) is 32.3 Å². The molecule has 0 bridgehead atoms. The third-order valence-electron chi connectivity index (χ3n) is 3.05. The summed E-state index contributed by atoms with van der Waals surface area (Å²) in [5, 5.41) is 15.6. The number of anilines is 1. The largest absolute Gasteiger partial charge is 0.390 e. The van der Waals surface area contributed by atoms with Crippen LogP contribution >= 0.6 is 15.9 Å². The molecule has 0 atom stereocenters. The zero-order valence-electron chi connectivity index (χ0n) is 11.9. The monoisotopic (exact) mass is 373 g/mol. The Morgan fingerprint density at radius 1 is 1.33 bits per heavy atom. The molecule has 8 heteroatoms. The second kappa shape index (κ2) is 5.78. The van der Waals surface area contributed by atoms with Gasteiger partial charge in [0.2, 0.25) is 0 Å². The van der Waals surface area contributed by atoms with Crippen LogP contribution in [0.1, 0.15) is 22.5 Å². The lowest BCUT2D eigenvalue weighted by atomic mass is 10.1. The van der Waals surface area contributed by atoms with Gasteiger partial charge in [-0.2, -0.15) is 5.10 Å². The minimum atomic E-state index is -3.84. The molecule has 0 saturated heterocycles. The average molecular weight is 374 g/mol. The van der Waals surface area contributed by atoms with Gasteiger partial charge in [0.1, 0.15) is 10.6 Å². The Balaban J connectivity index is 2.50. The number of aliphatic hydroxyl groups excluding tert-OH is 1. The number of aryl methyl sites for hydroxylation is 3. The first-order valence-corrected chi connectivity index (χ1v) is 8.48. The van der Waals surface area contributed by atoms with E-state index in [1.165, 1.54) is 0 Å². The summed E-state index contributed by atoms with van der Waals surface area (Å²) in [6, 6.07) is 3.72. The molecule has 0 aliphatic rings. The van der Waals surface area contributed by atoms with Crippen LogP contribution in [0, 0.1) is 20.8 Å². The lowest BCUT2D eigenvalue weighted by Gasteiger charge is -2.13. The van der Waals surface area contributed by atoms with Crippen molar-refractivity contribution < 1.29 is 13.5 Å². The Morgan fingerprint density at radius 2 is 2.00 bits per heavy atom. The summed E-state index contributed by atoms with van der Waals surface area (Å²) >= 11 is 3.37. The van der Waals surface area contributed by atoms with Gasteiger partial charge < -0.3 is 5.11 Å². The fourth-order valence-corrected chi connectivity index (χ4v) is 4.58. The van der Waals surface area contributed by atoms with E-state index in [1.54, 1.807) is 6.92 Å². The Morgan fingerprint density at radius 3 is 2.57 bits per heavy atom. The number of hydrogen-bond donors (Lipinski definition) is 3. The molecule has 0 unspecified atom stereocenters. The van der Waals surface area contributed by atoms with E-state index in [2.05, 4.69) is 30.8 Å². The van der Waals surface area contributed by atoms with Crippen molar-refractivity contribution in [2.75, 3.05) is 4.72 Å². The number of hydrogen-bond acceptors (Lipinski definition) is 4. The molecule has 2 rings (SSSR count). The van der Waals surface area contributed by atoms with Crippen LogP contribution in [0.2, 0.25) is 0 Å². The Hall–Kier alpha value is -1.38. The second-order valence-electron chi connectivity index (χ2n) is 4.83. The summed E-state index contributed by atoms with van der Waals surface area (Å²) in [5.41, 5.74) is 2.79. The van der Waals surface area contributed by atoms with Gasteiger partial charge in [-0.1, -0.05) is 6.07 Å². The molecule has 114 valence electrons. The average Bonchev–Trinajstić information content (AvgIpc) is 2.76. The molecule has 0 aliphatic carbocycles. The van der Waals surface area contributed by atoms with E-state index in [9.17, 15) is 13.5 Å². The molecule has 0 radical (unpaired) electrons. The van der Waals surface area contributed by atoms with Crippen molar-refractivity contribution in [1.29, 1.82) is 0 Å². The summed E-state index contributed by atoms with van der Waals surface area (Å²) < 4.78 is 28.3. The molecule has 0 aliphatic heterocycles. The molecule has 0 amide bonds. The normalized spacial score (nSPS) is 11.7. The van der Waals surface area contributed by atoms with E-state index < -0.39 is 16.6 Å². The number of aromatic nitrogens is 2. The third-order valence-corrected chi connectivity index (χ3v) is 5.23. The zero-order valence-corrected chi connectivity index (χ0v) is 14.3. The van der Waals surface area contributed by atoms with Crippen LogP contribution in [0.3, 0.4) is 0 Å².